The quantitative estimate of drug-likeness (QED) is 0.333. The number of oxime groups is 1. The van der Waals surface area contributed by atoms with Crippen molar-refractivity contribution in [3.63, 3.8) is 0 Å². The number of rotatable bonds is 5. The van der Waals surface area contributed by atoms with Gasteiger partial charge in [-0.2, -0.15) is 0 Å². The molecule has 0 atom stereocenters. The minimum Gasteiger partial charge on any atom is -0.409 e. The molecule has 1 aliphatic carbocycles. The molecule has 0 heterocycles. The van der Waals surface area contributed by atoms with Gasteiger partial charge in [0.25, 0.3) is 0 Å². The summed E-state index contributed by atoms with van der Waals surface area (Å²) in [5, 5.41) is 21.7. The lowest BCUT2D eigenvalue weighted by Gasteiger charge is -2.39. The third kappa shape index (κ3) is 2.93. The van der Waals surface area contributed by atoms with Crippen molar-refractivity contribution in [3.05, 3.63) is 28.8 Å². The molecule has 1 fully saturated rings. The zero-order valence-electron chi connectivity index (χ0n) is 10.6. The molecule has 1 saturated carbocycles. The summed E-state index contributed by atoms with van der Waals surface area (Å²) in [6.45, 7) is 0.590. The van der Waals surface area contributed by atoms with E-state index in [4.69, 9.17) is 22.5 Å². The summed E-state index contributed by atoms with van der Waals surface area (Å²) in [6, 6.07) is 5.70. The van der Waals surface area contributed by atoms with Crippen LogP contribution < -0.4 is 10.6 Å². The molecule has 0 bridgehead atoms. The molecule has 0 radical (unpaired) electrons. The Morgan fingerprint density at radius 1 is 1.47 bits per heavy atom. The Labute approximate surface area is 117 Å². The highest BCUT2D eigenvalue weighted by Gasteiger charge is 2.27. The molecule has 104 valence electrons. The summed E-state index contributed by atoms with van der Waals surface area (Å²) < 4.78 is 0. The number of benzene rings is 1. The number of hydrogen-bond acceptors (Lipinski definition) is 4. The van der Waals surface area contributed by atoms with Crippen molar-refractivity contribution in [1.29, 1.82) is 0 Å². The molecule has 6 heteroatoms. The first-order valence-electron chi connectivity index (χ1n) is 6.32. The largest absolute Gasteiger partial charge is 0.409 e. The monoisotopic (exact) mass is 283 g/mol. The Morgan fingerprint density at radius 2 is 2.21 bits per heavy atom. The lowest BCUT2D eigenvalue weighted by molar-refractivity contribution is 0.283. The van der Waals surface area contributed by atoms with E-state index in [9.17, 15) is 5.11 Å². The first kappa shape index (κ1) is 14.0. The van der Waals surface area contributed by atoms with E-state index in [1.54, 1.807) is 12.1 Å². The van der Waals surface area contributed by atoms with Crippen LogP contribution >= 0.6 is 11.6 Å². The van der Waals surface area contributed by atoms with Crippen molar-refractivity contribution in [2.75, 3.05) is 18.1 Å². The molecule has 0 aliphatic heterocycles. The van der Waals surface area contributed by atoms with E-state index in [1.165, 1.54) is 6.42 Å². The highest BCUT2D eigenvalue weighted by molar-refractivity contribution is 6.31. The molecule has 0 spiro atoms. The van der Waals surface area contributed by atoms with Crippen molar-refractivity contribution in [1.82, 2.24) is 0 Å². The standard InChI is InChI=1S/C13H18ClN3O2/c14-9-4-5-12(11(8-9)13(15)16-19)17(6-7-18)10-2-1-3-10/h4-5,8,10,18-19H,1-3,6-7H2,(H2,15,16). The van der Waals surface area contributed by atoms with Gasteiger partial charge >= 0.3 is 0 Å². The second kappa shape index (κ2) is 6.12. The van der Waals surface area contributed by atoms with E-state index in [1.807, 2.05) is 6.07 Å². The van der Waals surface area contributed by atoms with Crippen molar-refractivity contribution in [2.45, 2.75) is 25.3 Å². The van der Waals surface area contributed by atoms with Gasteiger partial charge in [-0.1, -0.05) is 16.8 Å². The maximum atomic E-state index is 9.23. The zero-order valence-corrected chi connectivity index (χ0v) is 11.3. The minimum atomic E-state index is 0.0276. The van der Waals surface area contributed by atoms with Gasteiger partial charge in [0.05, 0.1) is 6.61 Å². The summed E-state index contributed by atoms with van der Waals surface area (Å²) in [6.07, 6.45) is 3.38. The van der Waals surface area contributed by atoms with Crippen LogP contribution in [0.15, 0.2) is 23.4 Å². The predicted octanol–water partition coefficient (Wildman–Crippen LogP) is 1.79. The summed E-state index contributed by atoms with van der Waals surface area (Å²) in [5.41, 5.74) is 7.15. The van der Waals surface area contributed by atoms with Gasteiger partial charge in [0, 0.05) is 28.9 Å². The second-order valence-corrected chi connectivity index (χ2v) is 5.08. The molecule has 4 N–H and O–H groups in total. The maximum absolute atomic E-state index is 9.23. The molecule has 0 aromatic heterocycles. The van der Waals surface area contributed by atoms with Crippen LogP contribution in [0.1, 0.15) is 24.8 Å². The van der Waals surface area contributed by atoms with Gasteiger partial charge in [-0.15, -0.1) is 0 Å². The third-order valence-electron chi connectivity index (χ3n) is 3.51. The minimum absolute atomic E-state index is 0.0276. The van der Waals surface area contributed by atoms with Crippen LogP contribution in [0.3, 0.4) is 0 Å². The average molecular weight is 284 g/mol. The number of hydrogen-bond donors (Lipinski definition) is 3. The molecule has 0 amide bonds. The number of amidine groups is 1. The summed E-state index contributed by atoms with van der Waals surface area (Å²) >= 11 is 5.97. The smallest absolute Gasteiger partial charge is 0.172 e. The van der Waals surface area contributed by atoms with Crippen LogP contribution in [-0.2, 0) is 0 Å². The lowest BCUT2D eigenvalue weighted by atomic mass is 9.90. The van der Waals surface area contributed by atoms with Gasteiger partial charge in [0.1, 0.15) is 0 Å². The first-order chi connectivity index (χ1) is 9.17. The lowest BCUT2D eigenvalue weighted by Crippen LogP contribution is -2.43. The third-order valence-corrected chi connectivity index (χ3v) is 3.74. The van der Waals surface area contributed by atoms with Gasteiger partial charge in [0.2, 0.25) is 0 Å². The molecule has 1 aromatic rings. The molecule has 1 aromatic carbocycles. The Bertz CT molecular complexity index is 475. The molecular formula is C13H18ClN3O2. The number of aliphatic hydroxyl groups excluding tert-OH is 1. The van der Waals surface area contributed by atoms with Crippen molar-refractivity contribution < 1.29 is 10.3 Å². The fourth-order valence-corrected chi connectivity index (χ4v) is 2.50. The van der Waals surface area contributed by atoms with Crippen molar-refractivity contribution in [3.8, 4) is 0 Å². The molecule has 1 aliphatic rings. The van der Waals surface area contributed by atoms with Gasteiger partial charge in [-0.3, -0.25) is 0 Å². The SMILES string of the molecule is N/C(=N/O)c1cc(Cl)ccc1N(CCO)C1CCC1. The van der Waals surface area contributed by atoms with E-state index in [0.717, 1.165) is 18.5 Å². The Hall–Kier alpha value is -1.46. The molecule has 0 unspecified atom stereocenters. The van der Waals surface area contributed by atoms with E-state index >= 15 is 0 Å². The van der Waals surface area contributed by atoms with Crippen LogP contribution in [-0.4, -0.2) is 35.3 Å². The number of aliphatic hydroxyl groups is 1. The Kier molecular flexibility index (Phi) is 4.50. The normalized spacial score (nSPS) is 16.2. The highest BCUT2D eigenvalue weighted by Crippen LogP contribution is 2.32. The van der Waals surface area contributed by atoms with Gasteiger partial charge < -0.3 is 20.9 Å². The van der Waals surface area contributed by atoms with Crippen LogP contribution in [0.25, 0.3) is 0 Å². The number of nitrogens with two attached hydrogens (primary N) is 1. The predicted molar refractivity (Wildman–Crippen MR) is 76.0 cm³/mol. The van der Waals surface area contributed by atoms with Gasteiger partial charge in [-0.05, 0) is 37.5 Å². The van der Waals surface area contributed by atoms with Crippen molar-refractivity contribution >= 4 is 23.1 Å². The van der Waals surface area contributed by atoms with Crippen LogP contribution in [0.2, 0.25) is 5.02 Å². The first-order valence-corrected chi connectivity index (χ1v) is 6.70. The zero-order chi connectivity index (χ0) is 13.8. The molecule has 0 saturated heterocycles. The maximum Gasteiger partial charge on any atom is 0.172 e. The second-order valence-electron chi connectivity index (χ2n) is 4.65. The summed E-state index contributed by atoms with van der Waals surface area (Å²) in [7, 11) is 0. The van der Waals surface area contributed by atoms with E-state index in [2.05, 4.69) is 10.1 Å². The van der Waals surface area contributed by atoms with E-state index in [-0.39, 0.29) is 12.4 Å². The van der Waals surface area contributed by atoms with E-state index < -0.39 is 0 Å². The summed E-state index contributed by atoms with van der Waals surface area (Å²) in [4.78, 5) is 2.10. The van der Waals surface area contributed by atoms with Crippen molar-refractivity contribution in [2.24, 2.45) is 10.9 Å². The molecule has 2 rings (SSSR count). The Balaban J connectivity index is 2.40. The van der Waals surface area contributed by atoms with Crippen LogP contribution in [0, 0.1) is 0 Å². The number of nitrogens with zero attached hydrogens (tertiary/aromatic N) is 2. The Morgan fingerprint density at radius 3 is 2.74 bits per heavy atom. The van der Waals surface area contributed by atoms with Crippen LogP contribution in [0.4, 0.5) is 5.69 Å². The average Bonchev–Trinajstić information content (AvgIpc) is 2.35. The van der Waals surface area contributed by atoms with E-state index in [0.29, 0.717) is 23.2 Å². The number of halogens is 1. The molecule has 5 nitrogen and oxygen atoms in total. The fourth-order valence-electron chi connectivity index (χ4n) is 2.32. The molecule has 19 heavy (non-hydrogen) atoms. The fraction of sp³-hybridized carbons (Fsp3) is 0.462. The molecular weight excluding hydrogens is 266 g/mol. The summed E-state index contributed by atoms with van der Waals surface area (Å²) in [5.74, 6) is 0.0276. The topological polar surface area (TPSA) is 82.1 Å². The highest BCUT2D eigenvalue weighted by atomic mass is 35.5. The number of anilines is 1. The van der Waals surface area contributed by atoms with Crippen LogP contribution in [0.5, 0.6) is 0 Å². The van der Waals surface area contributed by atoms with Gasteiger partial charge in [0.15, 0.2) is 5.84 Å². The van der Waals surface area contributed by atoms with Gasteiger partial charge in [-0.25, -0.2) is 0 Å².